The molecule has 0 bridgehead atoms. The normalized spacial score (nSPS) is 24.1. The molecule has 0 radical (unpaired) electrons. The Labute approximate surface area is 123 Å². The van der Waals surface area contributed by atoms with E-state index in [2.05, 4.69) is 34.8 Å². The van der Waals surface area contributed by atoms with Crippen molar-refractivity contribution in [3.63, 3.8) is 0 Å². The fourth-order valence-electron chi connectivity index (χ4n) is 3.14. The second kappa shape index (κ2) is 5.43. The number of rotatable bonds is 2. The van der Waals surface area contributed by atoms with E-state index in [0.717, 1.165) is 39.7 Å². The van der Waals surface area contributed by atoms with Gasteiger partial charge in [0.2, 0.25) is 0 Å². The summed E-state index contributed by atoms with van der Waals surface area (Å²) < 4.78 is 1.11. The summed E-state index contributed by atoms with van der Waals surface area (Å²) in [6, 6.07) is 0.268. The molecule has 1 saturated heterocycles. The number of halogens is 1. The molecule has 0 amide bonds. The van der Waals surface area contributed by atoms with Crippen molar-refractivity contribution in [2.45, 2.75) is 33.2 Å². The molecule has 3 nitrogen and oxygen atoms in total. The molecule has 1 aromatic carbocycles. The first kappa shape index (κ1) is 14.8. The van der Waals surface area contributed by atoms with Crippen LogP contribution < -0.4 is 5.73 Å². The molecule has 1 fully saturated rings. The first-order valence-corrected chi connectivity index (χ1v) is 7.56. The van der Waals surface area contributed by atoms with Crippen LogP contribution in [0.1, 0.15) is 34.7 Å². The summed E-state index contributed by atoms with van der Waals surface area (Å²) in [5.74, 6) is 0.974. The average molecular weight is 327 g/mol. The minimum absolute atomic E-state index is 0.268. The molecular weight excluding hydrogens is 304 g/mol. The average Bonchev–Trinajstić information content (AvgIpc) is 2.76. The predicted molar refractivity (Wildman–Crippen MR) is 82.6 cm³/mol. The third kappa shape index (κ3) is 2.41. The van der Waals surface area contributed by atoms with Crippen molar-refractivity contribution in [1.29, 1.82) is 0 Å². The highest BCUT2D eigenvalue weighted by Gasteiger charge is 2.33. The molecule has 0 saturated carbocycles. The highest BCUT2D eigenvalue weighted by atomic mass is 79.9. The first-order valence-electron chi connectivity index (χ1n) is 6.76. The number of nitrogens with two attached hydrogens (primary N) is 1. The van der Waals surface area contributed by atoms with E-state index in [0.29, 0.717) is 18.2 Å². The maximum absolute atomic E-state index is 10.5. The number of benzene rings is 1. The number of nitrogens with zero attached hydrogens (tertiary/aromatic N) is 1. The quantitative estimate of drug-likeness (QED) is 0.878. The van der Waals surface area contributed by atoms with Gasteiger partial charge in [-0.2, -0.15) is 0 Å². The smallest absolute Gasteiger partial charge is 0.123 e. The maximum atomic E-state index is 10.5. The zero-order valence-electron chi connectivity index (χ0n) is 12.1. The van der Waals surface area contributed by atoms with Gasteiger partial charge in [0.25, 0.3) is 0 Å². The SMILES string of the molecule is Cc1c(C)c(Br)c(C)c(C2CC(CN)CN2C)c1O. The summed E-state index contributed by atoms with van der Waals surface area (Å²) >= 11 is 3.66. The van der Waals surface area contributed by atoms with Gasteiger partial charge in [-0.05, 0) is 63.4 Å². The van der Waals surface area contributed by atoms with Gasteiger partial charge in [0.05, 0.1) is 0 Å². The zero-order chi connectivity index (χ0) is 14.3. The monoisotopic (exact) mass is 326 g/mol. The maximum Gasteiger partial charge on any atom is 0.123 e. The first-order chi connectivity index (χ1) is 8.88. The van der Waals surface area contributed by atoms with Gasteiger partial charge < -0.3 is 10.8 Å². The highest BCUT2D eigenvalue weighted by molar-refractivity contribution is 9.10. The van der Waals surface area contributed by atoms with Crippen molar-refractivity contribution in [2.24, 2.45) is 11.7 Å². The van der Waals surface area contributed by atoms with Crippen LogP contribution in [0.2, 0.25) is 0 Å². The Hall–Kier alpha value is -0.580. The van der Waals surface area contributed by atoms with E-state index in [9.17, 15) is 5.11 Å². The van der Waals surface area contributed by atoms with Gasteiger partial charge in [-0.3, -0.25) is 4.90 Å². The van der Waals surface area contributed by atoms with Gasteiger partial charge in [0.1, 0.15) is 5.75 Å². The molecule has 3 N–H and O–H groups in total. The Morgan fingerprint density at radius 3 is 2.42 bits per heavy atom. The van der Waals surface area contributed by atoms with Crippen molar-refractivity contribution in [2.75, 3.05) is 20.1 Å². The lowest BCUT2D eigenvalue weighted by Gasteiger charge is -2.25. The molecule has 2 atom stereocenters. The molecule has 4 heteroatoms. The Morgan fingerprint density at radius 2 is 1.89 bits per heavy atom. The highest BCUT2D eigenvalue weighted by Crippen LogP contribution is 2.44. The zero-order valence-corrected chi connectivity index (χ0v) is 13.7. The summed E-state index contributed by atoms with van der Waals surface area (Å²) in [5, 5.41) is 10.5. The van der Waals surface area contributed by atoms with Gasteiger partial charge in [0, 0.05) is 22.6 Å². The van der Waals surface area contributed by atoms with Crippen LogP contribution in [0.25, 0.3) is 0 Å². The number of hydrogen-bond donors (Lipinski definition) is 2. The molecule has 106 valence electrons. The lowest BCUT2D eigenvalue weighted by molar-refractivity contribution is 0.304. The molecule has 1 aliphatic rings. The minimum Gasteiger partial charge on any atom is -0.507 e. The van der Waals surface area contributed by atoms with Crippen molar-refractivity contribution < 1.29 is 5.11 Å². The Bertz CT molecular complexity index is 472. The van der Waals surface area contributed by atoms with Gasteiger partial charge in [0.15, 0.2) is 0 Å². The number of hydrogen-bond acceptors (Lipinski definition) is 3. The number of aromatic hydroxyl groups is 1. The molecule has 1 aliphatic heterocycles. The van der Waals surface area contributed by atoms with Gasteiger partial charge >= 0.3 is 0 Å². The van der Waals surface area contributed by atoms with Crippen LogP contribution in [-0.4, -0.2) is 30.1 Å². The molecule has 0 spiro atoms. The summed E-state index contributed by atoms with van der Waals surface area (Å²) in [7, 11) is 2.11. The second-order valence-corrected chi connectivity index (χ2v) is 6.54. The molecule has 1 heterocycles. The van der Waals surface area contributed by atoms with E-state index in [4.69, 9.17) is 5.73 Å². The summed E-state index contributed by atoms with van der Waals surface area (Å²) in [6.07, 6.45) is 1.02. The van der Waals surface area contributed by atoms with Crippen molar-refractivity contribution in [3.05, 3.63) is 26.7 Å². The van der Waals surface area contributed by atoms with Crippen molar-refractivity contribution in [3.8, 4) is 5.75 Å². The van der Waals surface area contributed by atoms with E-state index >= 15 is 0 Å². The Balaban J connectivity index is 2.52. The van der Waals surface area contributed by atoms with Gasteiger partial charge in [-0.15, -0.1) is 0 Å². The van der Waals surface area contributed by atoms with E-state index in [-0.39, 0.29) is 6.04 Å². The Kier molecular flexibility index (Phi) is 4.23. The number of phenols is 1. The van der Waals surface area contributed by atoms with Crippen LogP contribution in [0.5, 0.6) is 5.75 Å². The fraction of sp³-hybridized carbons (Fsp3) is 0.600. The van der Waals surface area contributed by atoms with E-state index < -0.39 is 0 Å². The van der Waals surface area contributed by atoms with E-state index in [1.54, 1.807) is 0 Å². The van der Waals surface area contributed by atoms with Crippen LogP contribution in [0.3, 0.4) is 0 Å². The third-order valence-electron chi connectivity index (χ3n) is 4.54. The van der Waals surface area contributed by atoms with Crippen LogP contribution in [0.4, 0.5) is 0 Å². The van der Waals surface area contributed by atoms with Crippen LogP contribution in [0.15, 0.2) is 4.47 Å². The third-order valence-corrected chi connectivity index (χ3v) is 5.73. The largest absolute Gasteiger partial charge is 0.507 e. The van der Waals surface area contributed by atoms with Gasteiger partial charge in [-0.25, -0.2) is 0 Å². The van der Waals surface area contributed by atoms with Gasteiger partial charge in [-0.1, -0.05) is 15.9 Å². The van der Waals surface area contributed by atoms with Crippen molar-refractivity contribution >= 4 is 15.9 Å². The molecule has 0 aromatic heterocycles. The van der Waals surface area contributed by atoms with Crippen LogP contribution >= 0.6 is 15.9 Å². The summed E-state index contributed by atoms with van der Waals surface area (Å²) in [4.78, 5) is 2.31. The molecule has 2 rings (SSSR count). The number of likely N-dealkylation sites (tertiary alicyclic amines) is 1. The number of phenolic OH excluding ortho intramolecular Hbond substituents is 1. The summed E-state index contributed by atoms with van der Waals surface area (Å²) in [6.45, 7) is 7.82. The van der Waals surface area contributed by atoms with E-state index in [1.165, 1.54) is 0 Å². The summed E-state index contributed by atoms with van der Waals surface area (Å²) in [5.41, 5.74) is 10.1. The fourth-order valence-corrected chi connectivity index (χ4v) is 3.65. The van der Waals surface area contributed by atoms with Crippen molar-refractivity contribution in [1.82, 2.24) is 4.90 Å². The van der Waals surface area contributed by atoms with Crippen LogP contribution in [0, 0.1) is 26.7 Å². The molecular formula is C15H23BrN2O. The predicted octanol–water partition coefficient (Wildman–Crippen LogP) is 3.03. The minimum atomic E-state index is 0.268. The Morgan fingerprint density at radius 1 is 1.26 bits per heavy atom. The molecule has 19 heavy (non-hydrogen) atoms. The molecule has 2 unspecified atom stereocenters. The molecule has 1 aromatic rings. The topological polar surface area (TPSA) is 49.5 Å². The van der Waals surface area contributed by atoms with Crippen LogP contribution in [-0.2, 0) is 0 Å². The lowest BCUT2D eigenvalue weighted by atomic mass is 9.91. The lowest BCUT2D eigenvalue weighted by Crippen LogP contribution is -2.21. The standard InChI is InChI=1S/C15H23BrN2O/c1-8-9(2)15(19)13(10(3)14(8)16)12-5-11(6-17)7-18(12)4/h11-12,19H,5-7,17H2,1-4H3. The molecule has 0 aliphatic carbocycles. The van der Waals surface area contributed by atoms with E-state index in [1.807, 2.05) is 13.8 Å². The second-order valence-electron chi connectivity index (χ2n) is 5.74.